The van der Waals surface area contributed by atoms with Crippen molar-refractivity contribution in [1.82, 2.24) is 15.4 Å². The Bertz CT molecular complexity index is 853. The first-order chi connectivity index (χ1) is 14.1. The molecule has 4 rings (SSSR count). The van der Waals surface area contributed by atoms with Crippen LogP contribution in [-0.4, -0.2) is 42.1 Å². The highest BCUT2D eigenvalue weighted by molar-refractivity contribution is 5.92. The van der Waals surface area contributed by atoms with Crippen molar-refractivity contribution in [1.29, 1.82) is 0 Å². The van der Waals surface area contributed by atoms with Crippen LogP contribution in [0.5, 0.6) is 5.75 Å². The molecule has 2 aliphatic carbocycles. The molecule has 0 radical (unpaired) electrons. The van der Waals surface area contributed by atoms with E-state index in [1.54, 1.807) is 13.2 Å². The third-order valence-electron chi connectivity index (χ3n) is 5.45. The number of hydrogen-bond acceptors (Lipinski definition) is 5. The Hall–Kier alpha value is -2.83. The lowest BCUT2D eigenvalue weighted by Crippen LogP contribution is -2.33. The summed E-state index contributed by atoms with van der Waals surface area (Å²) in [6.45, 7) is 1.61. The maximum absolute atomic E-state index is 12.7. The summed E-state index contributed by atoms with van der Waals surface area (Å²) in [6.07, 6.45) is 4.99. The van der Waals surface area contributed by atoms with E-state index in [0.29, 0.717) is 31.3 Å². The van der Waals surface area contributed by atoms with E-state index in [1.165, 1.54) is 12.8 Å². The van der Waals surface area contributed by atoms with Gasteiger partial charge in [0.15, 0.2) is 11.5 Å². The van der Waals surface area contributed by atoms with Crippen molar-refractivity contribution in [3.8, 4) is 5.75 Å². The number of methoxy groups -OCH3 is 1. The van der Waals surface area contributed by atoms with E-state index in [1.807, 2.05) is 29.2 Å². The number of nitrogens with one attached hydrogen (secondary N) is 1. The van der Waals surface area contributed by atoms with Crippen LogP contribution in [-0.2, 0) is 17.8 Å². The van der Waals surface area contributed by atoms with E-state index in [-0.39, 0.29) is 23.4 Å². The maximum Gasteiger partial charge on any atom is 0.273 e. The Morgan fingerprint density at radius 3 is 2.62 bits per heavy atom. The van der Waals surface area contributed by atoms with Crippen LogP contribution in [0.25, 0.3) is 0 Å². The van der Waals surface area contributed by atoms with E-state index < -0.39 is 0 Å². The van der Waals surface area contributed by atoms with Gasteiger partial charge in [0.05, 0.1) is 13.7 Å². The third-order valence-corrected chi connectivity index (χ3v) is 5.45. The van der Waals surface area contributed by atoms with E-state index in [2.05, 4.69) is 10.5 Å². The maximum atomic E-state index is 12.7. The second-order valence-electron chi connectivity index (χ2n) is 7.96. The van der Waals surface area contributed by atoms with Crippen molar-refractivity contribution in [2.24, 2.45) is 11.8 Å². The molecule has 2 aliphatic rings. The molecule has 0 atom stereocenters. The largest absolute Gasteiger partial charge is 0.497 e. The standard InChI is InChI=1S/C22H27N3O4/c1-28-18-8-4-15(5-9-18)10-11-25(22(27)17-6-7-17)14-19-12-20(24-29-19)21(26)23-13-16-2-3-16/h4-5,8-9,12,16-17H,2-3,6-7,10-11,13-14H2,1H3,(H,23,26). The molecule has 2 saturated carbocycles. The predicted octanol–water partition coefficient (Wildman–Crippen LogP) is 2.80. The van der Waals surface area contributed by atoms with Crippen LogP contribution >= 0.6 is 0 Å². The van der Waals surface area contributed by atoms with Crippen molar-refractivity contribution < 1.29 is 18.8 Å². The highest BCUT2D eigenvalue weighted by Crippen LogP contribution is 2.31. The average molecular weight is 397 g/mol. The van der Waals surface area contributed by atoms with Gasteiger partial charge in [0.2, 0.25) is 5.91 Å². The smallest absolute Gasteiger partial charge is 0.273 e. The number of nitrogens with zero attached hydrogens (tertiary/aromatic N) is 2. The lowest BCUT2D eigenvalue weighted by atomic mass is 10.1. The molecule has 2 amide bonds. The zero-order valence-corrected chi connectivity index (χ0v) is 16.7. The van der Waals surface area contributed by atoms with Gasteiger partial charge in [-0.25, -0.2) is 0 Å². The topological polar surface area (TPSA) is 84.7 Å². The molecular formula is C22H27N3O4. The van der Waals surface area contributed by atoms with Gasteiger partial charge in [0.25, 0.3) is 5.91 Å². The Labute approximate surface area is 170 Å². The normalized spacial score (nSPS) is 15.8. The van der Waals surface area contributed by atoms with Crippen molar-refractivity contribution >= 4 is 11.8 Å². The van der Waals surface area contributed by atoms with Crippen LogP contribution < -0.4 is 10.1 Å². The van der Waals surface area contributed by atoms with Gasteiger partial charge in [-0.1, -0.05) is 17.3 Å². The lowest BCUT2D eigenvalue weighted by Gasteiger charge is -2.21. The van der Waals surface area contributed by atoms with Gasteiger partial charge in [-0.2, -0.15) is 0 Å². The van der Waals surface area contributed by atoms with E-state index in [9.17, 15) is 9.59 Å². The van der Waals surface area contributed by atoms with Gasteiger partial charge in [-0.15, -0.1) is 0 Å². The molecule has 1 N–H and O–H groups in total. The zero-order valence-electron chi connectivity index (χ0n) is 16.7. The summed E-state index contributed by atoms with van der Waals surface area (Å²) >= 11 is 0. The summed E-state index contributed by atoms with van der Waals surface area (Å²) in [5, 5.41) is 6.77. The summed E-state index contributed by atoms with van der Waals surface area (Å²) in [7, 11) is 1.64. The van der Waals surface area contributed by atoms with Gasteiger partial charge < -0.3 is 19.5 Å². The average Bonchev–Trinajstić information content (AvgIpc) is 3.67. The first kappa shape index (κ1) is 19.5. The molecule has 0 saturated heterocycles. The van der Waals surface area contributed by atoms with Gasteiger partial charge in [0, 0.05) is 25.1 Å². The van der Waals surface area contributed by atoms with E-state index in [0.717, 1.165) is 30.6 Å². The van der Waals surface area contributed by atoms with Crippen molar-refractivity contribution in [3.05, 3.63) is 47.3 Å². The van der Waals surface area contributed by atoms with Crippen LogP contribution in [0, 0.1) is 11.8 Å². The van der Waals surface area contributed by atoms with Crippen LogP contribution in [0.3, 0.4) is 0 Å². The van der Waals surface area contributed by atoms with Gasteiger partial charge in [-0.05, 0) is 55.7 Å². The second kappa shape index (κ2) is 8.68. The number of aromatic nitrogens is 1. The number of hydrogen-bond donors (Lipinski definition) is 1. The minimum atomic E-state index is -0.217. The van der Waals surface area contributed by atoms with E-state index in [4.69, 9.17) is 9.26 Å². The summed E-state index contributed by atoms with van der Waals surface area (Å²) in [5.74, 6) is 2.00. The minimum Gasteiger partial charge on any atom is -0.497 e. The zero-order chi connectivity index (χ0) is 20.2. The molecule has 2 fully saturated rings. The number of amides is 2. The highest BCUT2D eigenvalue weighted by atomic mass is 16.5. The molecule has 29 heavy (non-hydrogen) atoms. The molecule has 0 spiro atoms. The van der Waals surface area contributed by atoms with E-state index >= 15 is 0 Å². The monoisotopic (exact) mass is 397 g/mol. The SMILES string of the molecule is COc1ccc(CCN(Cc2cc(C(=O)NCC3CC3)no2)C(=O)C2CC2)cc1. The second-order valence-corrected chi connectivity index (χ2v) is 7.96. The predicted molar refractivity (Wildman–Crippen MR) is 106 cm³/mol. The number of carbonyl (C=O) groups excluding carboxylic acids is 2. The quantitative estimate of drug-likeness (QED) is 0.666. The number of benzene rings is 1. The molecule has 7 nitrogen and oxygen atoms in total. The van der Waals surface area contributed by atoms with Gasteiger partial charge >= 0.3 is 0 Å². The molecule has 0 bridgehead atoms. The fraction of sp³-hybridized carbons (Fsp3) is 0.500. The summed E-state index contributed by atoms with van der Waals surface area (Å²) in [5.41, 5.74) is 1.41. The summed E-state index contributed by atoms with van der Waals surface area (Å²) < 4.78 is 10.5. The van der Waals surface area contributed by atoms with Crippen LogP contribution in [0.4, 0.5) is 0 Å². The lowest BCUT2D eigenvalue weighted by molar-refractivity contribution is -0.133. The summed E-state index contributed by atoms with van der Waals surface area (Å²) in [6, 6.07) is 9.50. The molecule has 2 aromatic rings. The van der Waals surface area contributed by atoms with Crippen molar-refractivity contribution in [2.45, 2.75) is 38.6 Å². The highest BCUT2D eigenvalue weighted by Gasteiger charge is 2.34. The van der Waals surface area contributed by atoms with Crippen LogP contribution in [0.1, 0.15) is 47.5 Å². The third kappa shape index (κ3) is 5.37. The molecule has 1 heterocycles. The Balaban J connectivity index is 1.36. The Kier molecular flexibility index (Phi) is 5.83. The van der Waals surface area contributed by atoms with Gasteiger partial charge in [0.1, 0.15) is 5.75 Å². The van der Waals surface area contributed by atoms with Crippen molar-refractivity contribution in [2.75, 3.05) is 20.2 Å². The molecule has 0 aliphatic heterocycles. The molecule has 0 unspecified atom stereocenters. The van der Waals surface area contributed by atoms with Crippen LogP contribution in [0.15, 0.2) is 34.9 Å². The molecule has 1 aromatic carbocycles. The number of rotatable bonds is 10. The van der Waals surface area contributed by atoms with Crippen molar-refractivity contribution in [3.63, 3.8) is 0 Å². The molecule has 154 valence electrons. The minimum absolute atomic E-state index is 0.120. The molecule has 7 heteroatoms. The fourth-order valence-electron chi connectivity index (χ4n) is 3.24. The first-order valence-corrected chi connectivity index (χ1v) is 10.3. The summed E-state index contributed by atoms with van der Waals surface area (Å²) in [4.78, 5) is 26.7. The number of ether oxygens (including phenoxy) is 1. The molecular weight excluding hydrogens is 370 g/mol. The van der Waals surface area contributed by atoms with Gasteiger partial charge in [-0.3, -0.25) is 9.59 Å². The first-order valence-electron chi connectivity index (χ1n) is 10.3. The fourth-order valence-corrected chi connectivity index (χ4v) is 3.24. The molecule has 1 aromatic heterocycles. The number of carbonyl (C=O) groups is 2. The van der Waals surface area contributed by atoms with Crippen LogP contribution in [0.2, 0.25) is 0 Å². The Morgan fingerprint density at radius 1 is 1.21 bits per heavy atom. The Morgan fingerprint density at radius 2 is 1.97 bits per heavy atom.